The minimum atomic E-state index is -5.18. The maximum atomic E-state index is 11.3. The van der Waals surface area contributed by atoms with Crippen molar-refractivity contribution < 1.29 is 32.3 Å². The van der Waals surface area contributed by atoms with Crippen molar-refractivity contribution in [1.29, 1.82) is 0 Å². The molecule has 0 fully saturated rings. The van der Waals surface area contributed by atoms with Crippen LogP contribution in [0.1, 0.15) is 0 Å². The van der Waals surface area contributed by atoms with Crippen LogP contribution in [-0.2, 0) is 9.32 Å². The second-order valence-corrected chi connectivity index (χ2v) is 3.89. The van der Waals surface area contributed by atoms with Crippen LogP contribution >= 0.6 is 7.94 Å². The van der Waals surface area contributed by atoms with Gasteiger partial charge in [-0.3, -0.25) is 0 Å². The van der Waals surface area contributed by atoms with Crippen molar-refractivity contribution in [3.8, 4) is 0 Å². The Labute approximate surface area is 60.2 Å². The van der Waals surface area contributed by atoms with Crippen LogP contribution in [0.3, 0.4) is 0 Å². The maximum absolute atomic E-state index is 11.3. The van der Waals surface area contributed by atoms with E-state index in [-0.39, 0.29) is 0 Å². The number of rotatable bonds is 1. The van der Waals surface area contributed by atoms with Crippen LogP contribution in [-0.4, -0.2) is 28.6 Å². The van der Waals surface area contributed by atoms with Crippen LogP contribution in [0.5, 0.6) is 0 Å². The van der Waals surface area contributed by atoms with Gasteiger partial charge >= 0.3 is 59.0 Å². The fraction of sp³-hybridized carbons (Fsp3) is 0.667. The summed E-state index contributed by atoms with van der Waals surface area (Å²) < 4.78 is 37.2. The molecule has 68 valence electrons. The van der Waals surface area contributed by atoms with Gasteiger partial charge in [0.1, 0.15) is 0 Å². The van der Waals surface area contributed by atoms with Crippen molar-refractivity contribution in [2.75, 3.05) is 6.66 Å². The molecule has 4 nitrogen and oxygen atoms in total. The first-order valence-electron chi connectivity index (χ1n) is 2.38. The molecule has 2 N–H and O–H groups in total. The summed E-state index contributed by atoms with van der Waals surface area (Å²) in [6, 6.07) is 0. The van der Waals surface area contributed by atoms with Gasteiger partial charge in [0, 0.05) is 0 Å². The second-order valence-electron chi connectivity index (χ2n) is 1.82. The van der Waals surface area contributed by atoms with Gasteiger partial charge in [-0.05, 0) is 0 Å². The van der Waals surface area contributed by atoms with E-state index < -0.39 is 20.1 Å². The third kappa shape index (κ3) is 4.94. The van der Waals surface area contributed by atoms with Crippen LogP contribution in [0.4, 0.5) is 13.2 Å². The van der Waals surface area contributed by atoms with Gasteiger partial charge in [-0.1, -0.05) is 0 Å². The fourth-order valence-electron chi connectivity index (χ4n) is 0.233. The van der Waals surface area contributed by atoms with Gasteiger partial charge in [0.25, 0.3) is 0 Å². The molecule has 0 unspecified atom stereocenters. The molecule has 0 radical (unpaired) electrons. The molecule has 0 aromatic heterocycles. The van der Waals surface area contributed by atoms with Crippen LogP contribution in [0.25, 0.3) is 0 Å². The monoisotopic (exact) mass is 194 g/mol. The Hall–Kier alpha value is -0.390. The average molecular weight is 194 g/mol. The summed E-state index contributed by atoms with van der Waals surface area (Å²) in [5.41, 5.74) is 0. The van der Waals surface area contributed by atoms with E-state index in [4.69, 9.17) is 9.79 Å². The number of carbonyl (C=O) groups is 1. The van der Waals surface area contributed by atoms with Gasteiger partial charge < -0.3 is 0 Å². The van der Waals surface area contributed by atoms with Crippen molar-refractivity contribution in [1.82, 2.24) is 0 Å². The molecule has 0 aliphatic carbocycles. The zero-order valence-electron chi connectivity index (χ0n) is 5.34. The third-order valence-corrected chi connectivity index (χ3v) is 1.09. The summed E-state index contributed by atoms with van der Waals surface area (Å²) in [4.78, 5) is 26.5. The van der Waals surface area contributed by atoms with Crippen molar-refractivity contribution >= 4 is 13.9 Å². The van der Waals surface area contributed by atoms with E-state index in [9.17, 15) is 18.0 Å². The quantitative estimate of drug-likeness (QED) is 0.585. The average Bonchev–Trinajstić information content (AvgIpc) is 1.56. The fourth-order valence-corrected chi connectivity index (χ4v) is 0.700. The molecule has 0 aliphatic rings. The molecule has 0 aliphatic heterocycles. The molecule has 0 aromatic rings. The van der Waals surface area contributed by atoms with Gasteiger partial charge in [0.05, 0.1) is 0 Å². The van der Waals surface area contributed by atoms with Crippen molar-refractivity contribution in [2.24, 2.45) is 0 Å². The number of halogens is 3. The molecule has 0 bridgehead atoms. The third-order valence-electron chi connectivity index (χ3n) is 0.518. The van der Waals surface area contributed by atoms with E-state index in [2.05, 4.69) is 4.52 Å². The second kappa shape index (κ2) is 2.92. The predicted molar refractivity (Wildman–Crippen MR) is 30.8 cm³/mol. The molecule has 0 rings (SSSR count). The Balaban J connectivity index is 4.11. The summed E-state index contributed by atoms with van der Waals surface area (Å²) in [5, 5.41) is 0. The van der Waals surface area contributed by atoms with Crippen molar-refractivity contribution in [2.45, 2.75) is 6.18 Å². The molecule has 0 heterocycles. The van der Waals surface area contributed by atoms with Gasteiger partial charge in [-0.15, -0.1) is 0 Å². The van der Waals surface area contributed by atoms with Crippen LogP contribution in [0.15, 0.2) is 0 Å². The first-order valence-corrected chi connectivity index (χ1v) is 4.68. The first kappa shape index (κ1) is 10.6. The standard InChI is InChI=1S/C3H6F3O4P/c1-11(8,9)10-2(7)3(4,5)6/h8-9,11H,1H3. The van der Waals surface area contributed by atoms with E-state index in [1.165, 1.54) is 0 Å². The van der Waals surface area contributed by atoms with E-state index in [1.54, 1.807) is 0 Å². The summed E-state index contributed by atoms with van der Waals surface area (Å²) >= 11 is 0. The molecule has 0 saturated carbocycles. The van der Waals surface area contributed by atoms with E-state index in [0.717, 1.165) is 0 Å². The van der Waals surface area contributed by atoms with Gasteiger partial charge in [0.15, 0.2) is 0 Å². The zero-order valence-corrected chi connectivity index (χ0v) is 6.34. The molecule has 11 heavy (non-hydrogen) atoms. The Morgan fingerprint density at radius 1 is 1.45 bits per heavy atom. The van der Waals surface area contributed by atoms with E-state index in [1.807, 2.05) is 0 Å². The van der Waals surface area contributed by atoms with Gasteiger partial charge in [0.2, 0.25) is 0 Å². The normalized spacial score (nSPS) is 14.4. The molecule has 8 heteroatoms. The van der Waals surface area contributed by atoms with Gasteiger partial charge in [-0.25, -0.2) is 0 Å². The van der Waals surface area contributed by atoms with Crippen molar-refractivity contribution in [3.63, 3.8) is 0 Å². The molecule has 0 spiro atoms. The molecule has 0 saturated heterocycles. The summed E-state index contributed by atoms with van der Waals surface area (Å²) in [7, 11) is -4.40. The summed E-state index contributed by atoms with van der Waals surface area (Å²) in [6.07, 6.45) is -5.18. The van der Waals surface area contributed by atoms with Crippen LogP contribution in [0, 0.1) is 0 Å². The van der Waals surface area contributed by atoms with E-state index >= 15 is 0 Å². The zero-order chi connectivity index (χ0) is 9.28. The number of hydrogen-bond acceptors (Lipinski definition) is 4. The Morgan fingerprint density at radius 3 is 1.91 bits per heavy atom. The molecular formula is C3H6F3O4P. The number of hydrogen-bond donors (Lipinski definition) is 2. The Bertz CT molecular complexity index is 159. The van der Waals surface area contributed by atoms with Crippen LogP contribution < -0.4 is 0 Å². The first-order chi connectivity index (χ1) is 4.63. The SMILES string of the molecule is C[PH](O)(O)OC(=O)C(F)(F)F. The molecular weight excluding hydrogens is 188 g/mol. The Kier molecular flexibility index (Phi) is 2.82. The topological polar surface area (TPSA) is 66.8 Å². The van der Waals surface area contributed by atoms with Crippen molar-refractivity contribution in [3.05, 3.63) is 0 Å². The number of carbonyl (C=O) groups excluding carboxylic acids is 1. The van der Waals surface area contributed by atoms with Crippen LogP contribution in [0.2, 0.25) is 0 Å². The predicted octanol–water partition coefficient (Wildman–Crippen LogP) is 0.201. The molecule has 0 atom stereocenters. The number of alkyl halides is 3. The Morgan fingerprint density at radius 2 is 1.82 bits per heavy atom. The molecule has 0 aromatic carbocycles. The van der Waals surface area contributed by atoms with E-state index in [0.29, 0.717) is 6.66 Å². The molecule has 0 amide bonds. The summed E-state index contributed by atoms with van der Waals surface area (Å²) in [5.74, 6) is -2.59. The summed E-state index contributed by atoms with van der Waals surface area (Å²) in [6.45, 7) is 0.622. The van der Waals surface area contributed by atoms with Gasteiger partial charge in [-0.2, -0.15) is 0 Å². The minimum absolute atomic E-state index is 0.622.